The second kappa shape index (κ2) is 8.53. The Balaban J connectivity index is 1.65. The maximum absolute atomic E-state index is 13.1. The number of fused-ring (bicyclic) bond motifs is 1. The van der Waals surface area contributed by atoms with Gasteiger partial charge in [0, 0.05) is 19.3 Å². The molecule has 1 heterocycles. The Morgan fingerprint density at radius 1 is 0.862 bits per heavy atom. The molecule has 0 saturated carbocycles. The molecule has 3 nitrogen and oxygen atoms in total. The fourth-order valence-electron chi connectivity index (χ4n) is 3.57. The van der Waals surface area contributed by atoms with Gasteiger partial charge in [0.25, 0.3) is 0 Å². The predicted octanol–water partition coefficient (Wildman–Crippen LogP) is 5.50. The van der Waals surface area contributed by atoms with Gasteiger partial charge in [0.1, 0.15) is 0 Å². The monoisotopic (exact) mass is 378 g/mol. The van der Waals surface area contributed by atoms with E-state index in [4.69, 9.17) is 0 Å². The molecule has 0 aliphatic carbocycles. The zero-order valence-corrected chi connectivity index (χ0v) is 16.3. The van der Waals surface area contributed by atoms with E-state index in [2.05, 4.69) is 23.2 Å². The molecule has 0 aliphatic rings. The van der Waals surface area contributed by atoms with Crippen LogP contribution in [0.3, 0.4) is 0 Å². The summed E-state index contributed by atoms with van der Waals surface area (Å²) in [5, 5.41) is 2.29. The highest BCUT2D eigenvalue weighted by Gasteiger charge is 2.23. The summed E-state index contributed by atoms with van der Waals surface area (Å²) in [6.45, 7) is 0. The highest BCUT2D eigenvalue weighted by atomic mass is 16.2. The summed E-state index contributed by atoms with van der Waals surface area (Å²) in [6.07, 6.45) is 5.29. The molecule has 0 N–H and O–H groups in total. The molecule has 0 spiro atoms. The Bertz CT molecular complexity index is 1090. The fraction of sp³-hybridized carbons (Fsp3) is 0.0769. The van der Waals surface area contributed by atoms with Gasteiger partial charge < -0.3 is 4.90 Å². The van der Waals surface area contributed by atoms with Gasteiger partial charge in [-0.2, -0.15) is 0 Å². The van der Waals surface area contributed by atoms with Gasteiger partial charge in [0.2, 0.25) is 5.91 Å². The van der Waals surface area contributed by atoms with Crippen molar-refractivity contribution < 1.29 is 4.79 Å². The van der Waals surface area contributed by atoms with Crippen LogP contribution in [0.4, 0.5) is 0 Å². The van der Waals surface area contributed by atoms with Crippen molar-refractivity contribution in [3.63, 3.8) is 0 Å². The number of nitrogens with zero attached hydrogens (tertiary/aromatic N) is 2. The molecule has 4 rings (SSSR count). The summed E-state index contributed by atoms with van der Waals surface area (Å²) in [7, 11) is 1.82. The normalized spacial score (nSPS) is 12.2. The molecule has 0 unspecified atom stereocenters. The van der Waals surface area contributed by atoms with Crippen LogP contribution < -0.4 is 0 Å². The van der Waals surface area contributed by atoms with Crippen molar-refractivity contribution in [1.29, 1.82) is 0 Å². The average Bonchev–Trinajstić information content (AvgIpc) is 2.79. The van der Waals surface area contributed by atoms with E-state index in [9.17, 15) is 4.79 Å². The Hall–Kier alpha value is -3.72. The summed E-state index contributed by atoms with van der Waals surface area (Å²) >= 11 is 0. The Labute approximate surface area is 171 Å². The van der Waals surface area contributed by atoms with Crippen LogP contribution in [0.5, 0.6) is 0 Å². The van der Waals surface area contributed by atoms with Crippen LogP contribution in [0.1, 0.15) is 22.9 Å². The minimum atomic E-state index is -0.248. The van der Waals surface area contributed by atoms with Gasteiger partial charge in [-0.15, -0.1) is 0 Å². The third-order valence-electron chi connectivity index (χ3n) is 5.05. The second-order valence-electron chi connectivity index (χ2n) is 6.92. The van der Waals surface area contributed by atoms with Gasteiger partial charge >= 0.3 is 0 Å². The van der Waals surface area contributed by atoms with Crippen LogP contribution >= 0.6 is 0 Å². The molecule has 3 aromatic carbocycles. The van der Waals surface area contributed by atoms with E-state index >= 15 is 0 Å². The molecule has 0 aliphatic heterocycles. The standard InChI is InChI=1S/C26H22N2O/c1-28(26(22-11-3-2-4-12-22)24-16-7-8-19-27-24)25(29)18-17-21-14-9-13-20-10-5-6-15-23(20)21/h2-19,26H,1H3/b18-17+/t26-/m0/s1. The van der Waals surface area contributed by atoms with Crippen LogP contribution in [0.2, 0.25) is 0 Å². The van der Waals surface area contributed by atoms with Crippen molar-refractivity contribution in [2.24, 2.45) is 0 Å². The van der Waals surface area contributed by atoms with Crippen molar-refractivity contribution in [3.05, 3.63) is 120 Å². The number of hydrogen-bond donors (Lipinski definition) is 0. The Kier molecular flexibility index (Phi) is 5.48. The van der Waals surface area contributed by atoms with Crippen molar-refractivity contribution in [2.45, 2.75) is 6.04 Å². The van der Waals surface area contributed by atoms with Crippen molar-refractivity contribution in [3.8, 4) is 0 Å². The SMILES string of the molecule is CN(C(=O)/C=C/c1cccc2ccccc12)[C@@H](c1ccccc1)c1ccccn1. The van der Waals surface area contributed by atoms with Crippen molar-refractivity contribution in [1.82, 2.24) is 9.88 Å². The number of benzene rings is 3. The van der Waals surface area contributed by atoms with Gasteiger partial charge in [-0.05, 0) is 40.1 Å². The molecule has 0 radical (unpaired) electrons. The summed E-state index contributed by atoms with van der Waals surface area (Å²) < 4.78 is 0. The molecule has 0 saturated heterocycles. The maximum Gasteiger partial charge on any atom is 0.247 e. The van der Waals surface area contributed by atoms with Gasteiger partial charge in [-0.1, -0.05) is 78.9 Å². The molecule has 1 atom stereocenters. The quantitative estimate of drug-likeness (QED) is 0.430. The number of rotatable bonds is 5. The fourth-order valence-corrected chi connectivity index (χ4v) is 3.57. The van der Waals surface area contributed by atoms with Gasteiger partial charge in [-0.25, -0.2) is 0 Å². The molecular weight excluding hydrogens is 356 g/mol. The predicted molar refractivity (Wildman–Crippen MR) is 118 cm³/mol. The van der Waals surface area contributed by atoms with E-state index in [-0.39, 0.29) is 11.9 Å². The second-order valence-corrected chi connectivity index (χ2v) is 6.92. The number of likely N-dealkylation sites (N-methyl/N-ethyl adjacent to an activating group) is 1. The van der Waals surface area contributed by atoms with Crippen molar-refractivity contribution >= 4 is 22.8 Å². The van der Waals surface area contributed by atoms with Crippen LogP contribution in [-0.2, 0) is 4.79 Å². The molecule has 29 heavy (non-hydrogen) atoms. The molecule has 4 aromatic rings. The first-order chi connectivity index (χ1) is 14.2. The lowest BCUT2D eigenvalue weighted by Gasteiger charge is -2.27. The number of hydrogen-bond acceptors (Lipinski definition) is 2. The smallest absolute Gasteiger partial charge is 0.247 e. The molecule has 0 fully saturated rings. The van der Waals surface area contributed by atoms with E-state index < -0.39 is 0 Å². The molecule has 3 heteroatoms. The van der Waals surface area contributed by atoms with E-state index in [1.165, 1.54) is 0 Å². The Morgan fingerprint density at radius 2 is 1.59 bits per heavy atom. The summed E-state index contributed by atoms with van der Waals surface area (Å²) in [6, 6.07) is 29.8. The molecular formula is C26H22N2O. The Morgan fingerprint density at radius 3 is 2.38 bits per heavy atom. The topological polar surface area (TPSA) is 33.2 Å². The first-order valence-electron chi connectivity index (χ1n) is 9.62. The molecule has 0 bridgehead atoms. The van der Waals surface area contributed by atoms with E-state index in [0.29, 0.717) is 0 Å². The minimum absolute atomic E-state index is 0.0718. The number of pyridine rings is 1. The van der Waals surface area contributed by atoms with Crippen LogP contribution in [-0.4, -0.2) is 22.8 Å². The third-order valence-corrected chi connectivity index (χ3v) is 5.05. The molecule has 142 valence electrons. The molecule has 1 aromatic heterocycles. The van der Waals surface area contributed by atoms with Gasteiger partial charge in [-0.3, -0.25) is 9.78 Å². The van der Waals surface area contributed by atoms with Gasteiger partial charge in [0.15, 0.2) is 0 Å². The largest absolute Gasteiger partial charge is 0.329 e. The number of amides is 1. The number of carbonyl (C=O) groups is 1. The lowest BCUT2D eigenvalue weighted by atomic mass is 10.0. The van der Waals surface area contributed by atoms with Crippen molar-refractivity contribution in [2.75, 3.05) is 7.05 Å². The summed E-state index contributed by atoms with van der Waals surface area (Å²) in [4.78, 5) is 19.3. The minimum Gasteiger partial charge on any atom is -0.329 e. The molecule has 1 amide bonds. The number of carbonyl (C=O) groups excluding carboxylic acids is 1. The lowest BCUT2D eigenvalue weighted by Crippen LogP contribution is -2.31. The van der Waals surface area contributed by atoms with E-state index in [0.717, 1.165) is 27.6 Å². The zero-order chi connectivity index (χ0) is 20.1. The summed E-state index contributed by atoms with van der Waals surface area (Å²) in [5.41, 5.74) is 2.90. The van der Waals surface area contributed by atoms with Crippen LogP contribution in [0.15, 0.2) is 103 Å². The van der Waals surface area contributed by atoms with E-state index in [1.54, 1.807) is 17.2 Å². The lowest BCUT2D eigenvalue weighted by molar-refractivity contribution is -0.126. The maximum atomic E-state index is 13.1. The van der Waals surface area contributed by atoms with Crippen LogP contribution in [0.25, 0.3) is 16.8 Å². The average molecular weight is 378 g/mol. The number of aromatic nitrogens is 1. The summed E-state index contributed by atoms with van der Waals surface area (Å²) in [5.74, 6) is -0.0718. The highest BCUT2D eigenvalue weighted by Crippen LogP contribution is 2.26. The highest BCUT2D eigenvalue weighted by molar-refractivity contribution is 5.96. The first kappa shape index (κ1) is 18.6. The van der Waals surface area contributed by atoms with Crippen LogP contribution in [0, 0.1) is 0 Å². The van der Waals surface area contributed by atoms with E-state index in [1.807, 2.05) is 85.9 Å². The third kappa shape index (κ3) is 4.09. The van der Waals surface area contributed by atoms with Gasteiger partial charge in [0.05, 0.1) is 11.7 Å². The first-order valence-corrected chi connectivity index (χ1v) is 9.62. The zero-order valence-electron chi connectivity index (χ0n) is 16.3.